The van der Waals surface area contributed by atoms with E-state index in [0.717, 1.165) is 12.8 Å². The van der Waals surface area contributed by atoms with Crippen molar-refractivity contribution in [2.24, 2.45) is 5.92 Å². The third-order valence-electron chi connectivity index (χ3n) is 2.51. The Morgan fingerprint density at radius 1 is 1.62 bits per heavy atom. The first-order valence-corrected chi connectivity index (χ1v) is 5.82. The molecule has 1 fully saturated rings. The minimum atomic E-state index is -0.365. The monoisotopic (exact) mass is 279 g/mol. The van der Waals surface area contributed by atoms with E-state index in [9.17, 15) is 4.79 Å². The largest absolute Gasteiger partial charge is 0.336 e. The molecule has 0 saturated heterocycles. The average molecular weight is 280 g/mol. The summed E-state index contributed by atoms with van der Waals surface area (Å²) in [6, 6.07) is 5.13. The van der Waals surface area contributed by atoms with Gasteiger partial charge in [-0.1, -0.05) is 0 Å². The second kappa shape index (κ2) is 4.62. The van der Waals surface area contributed by atoms with E-state index in [0.29, 0.717) is 16.1 Å². The van der Waals surface area contributed by atoms with Gasteiger partial charge in [-0.2, -0.15) is 5.26 Å². The predicted molar refractivity (Wildman–Crippen MR) is 61.5 cm³/mol. The van der Waals surface area contributed by atoms with Crippen LogP contribution in [0.4, 0.5) is 0 Å². The van der Waals surface area contributed by atoms with Gasteiger partial charge in [0, 0.05) is 6.20 Å². The van der Waals surface area contributed by atoms with Crippen molar-refractivity contribution in [3.8, 4) is 6.07 Å². The fraction of sp³-hybridized carbons (Fsp3) is 0.364. The number of rotatable bonds is 3. The number of hydrogen-bond donors (Lipinski definition) is 1. The van der Waals surface area contributed by atoms with Gasteiger partial charge in [-0.25, -0.2) is 4.98 Å². The molecule has 16 heavy (non-hydrogen) atoms. The molecule has 82 valence electrons. The number of carbonyl (C=O) groups is 1. The zero-order valence-electron chi connectivity index (χ0n) is 8.48. The molecule has 1 atom stereocenters. The lowest BCUT2D eigenvalue weighted by atomic mass is 10.2. The number of pyridine rings is 1. The summed E-state index contributed by atoms with van der Waals surface area (Å²) in [6.45, 7) is 0. The number of nitriles is 1. The van der Waals surface area contributed by atoms with Crippen molar-refractivity contribution in [1.82, 2.24) is 10.3 Å². The molecule has 0 spiro atoms. The summed E-state index contributed by atoms with van der Waals surface area (Å²) in [5.41, 5.74) is 0.476. The van der Waals surface area contributed by atoms with Crippen molar-refractivity contribution >= 4 is 21.8 Å². The maximum absolute atomic E-state index is 11.7. The van der Waals surface area contributed by atoms with Crippen LogP contribution in [0, 0.1) is 17.2 Å². The van der Waals surface area contributed by atoms with Gasteiger partial charge in [0.15, 0.2) is 0 Å². The molecule has 1 aromatic heterocycles. The zero-order chi connectivity index (χ0) is 11.5. The van der Waals surface area contributed by atoms with E-state index >= 15 is 0 Å². The molecule has 1 saturated carbocycles. The maximum Gasteiger partial charge on any atom is 0.253 e. The lowest BCUT2D eigenvalue weighted by molar-refractivity contribution is 0.0941. The molecule has 2 rings (SSSR count). The van der Waals surface area contributed by atoms with Crippen LogP contribution in [-0.4, -0.2) is 16.9 Å². The molecule has 4 nitrogen and oxygen atoms in total. The molecule has 1 heterocycles. The Balaban J connectivity index is 2.02. The SMILES string of the molecule is N#CC(NC(=O)c1ccc(Br)nc1)C1CC1. The van der Waals surface area contributed by atoms with Gasteiger partial charge >= 0.3 is 0 Å². The third kappa shape index (κ3) is 2.58. The van der Waals surface area contributed by atoms with Crippen LogP contribution in [0.1, 0.15) is 23.2 Å². The average Bonchev–Trinajstić information content (AvgIpc) is 3.10. The van der Waals surface area contributed by atoms with E-state index in [1.807, 2.05) is 0 Å². The summed E-state index contributed by atoms with van der Waals surface area (Å²) in [7, 11) is 0. The summed E-state index contributed by atoms with van der Waals surface area (Å²) in [5, 5.41) is 11.6. The van der Waals surface area contributed by atoms with E-state index in [2.05, 4.69) is 32.3 Å². The first kappa shape index (κ1) is 11.1. The highest BCUT2D eigenvalue weighted by Gasteiger charge is 2.32. The standard InChI is InChI=1S/C11H10BrN3O/c12-10-4-3-8(6-14-10)11(16)15-9(5-13)7-1-2-7/h3-4,6-7,9H,1-2H2,(H,15,16). The number of amides is 1. The number of nitrogens with zero attached hydrogens (tertiary/aromatic N) is 2. The summed E-state index contributed by atoms with van der Waals surface area (Å²) in [6.07, 6.45) is 3.54. The van der Waals surface area contributed by atoms with Crippen molar-refractivity contribution in [2.45, 2.75) is 18.9 Å². The third-order valence-corrected chi connectivity index (χ3v) is 2.98. The Morgan fingerprint density at radius 2 is 2.38 bits per heavy atom. The Bertz CT molecular complexity index is 434. The van der Waals surface area contributed by atoms with Gasteiger partial charge in [-0.15, -0.1) is 0 Å². The van der Waals surface area contributed by atoms with E-state index in [1.165, 1.54) is 6.20 Å². The molecule has 1 aliphatic carbocycles. The van der Waals surface area contributed by atoms with Gasteiger partial charge in [-0.05, 0) is 46.8 Å². The second-order valence-corrected chi connectivity index (χ2v) is 4.60. The summed E-state index contributed by atoms with van der Waals surface area (Å²) >= 11 is 3.20. The summed E-state index contributed by atoms with van der Waals surface area (Å²) < 4.78 is 0.683. The highest BCUT2D eigenvalue weighted by atomic mass is 79.9. The number of aromatic nitrogens is 1. The number of halogens is 1. The van der Waals surface area contributed by atoms with E-state index in [4.69, 9.17) is 5.26 Å². The molecule has 1 N–H and O–H groups in total. The summed E-state index contributed by atoms with van der Waals surface area (Å²) in [5.74, 6) is 0.0933. The Labute approximate surface area is 102 Å². The minimum Gasteiger partial charge on any atom is -0.336 e. The Hall–Kier alpha value is -1.41. The minimum absolute atomic E-state index is 0.238. The van der Waals surface area contributed by atoms with Gasteiger partial charge < -0.3 is 5.32 Å². The highest BCUT2D eigenvalue weighted by molar-refractivity contribution is 9.10. The maximum atomic E-state index is 11.7. The van der Waals surface area contributed by atoms with E-state index in [-0.39, 0.29) is 11.9 Å². The first-order chi connectivity index (χ1) is 7.70. The van der Waals surface area contributed by atoms with Crippen molar-refractivity contribution in [3.05, 3.63) is 28.5 Å². The van der Waals surface area contributed by atoms with Gasteiger partial charge in [0.05, 0.1) is 11.6 Å². The van der Waals surface area contributed by atoms with Crippen molar-refractivity contribution in [2.75, 3.05) is 0 Å². The van der Waals surface area contributed by atoms with Crippen LogP contribution >= 0.6 is 15.9 Å². The van der Waals surface area contributed by atoms with Crippen molar-refractivity contribution in [1.29, 1.82) is 5.26 Å². The molecular formula is C11H10BrN3O. The molecular weight excluding hydrogens is 270 g/mol. The molecule has 1 aromatic rings. The molecule has 0 aliphatic heterocycles. The zero-order valence-corrected chi connectivity index (χ0v) is 10.1. The van der Waals surface area contributed by atoms with Crippen LogP contribution in [0.25, 0.3) is 0 Å². The lowest BCUT2D eigenvalue weighted by Gasteiger charge is -2.09. The fourth-order valence-electron chi connectivity index (χ4n) is 1.42. The summed E-state index contributed by atoms with van der Waals surface area (Å²) in [4.78, 5) is 15.7. The molecule has 1 unspecified atom stereocenters. The van der Waals surface area contributed by atoms with Crippen molar-refractivity contribution < 1.29 is 4.79 Å². The quantitative estimate of drug-likeness (QED) is 0.860. The molecule has 1 amide bonds. The van der Waals surface area contributed by atoms with Crippen LogP contribution in [0.3, 0.4) is 0 Å². The van der Waals surface area contributed by atoms with Crippen LogP contribution in [0.2, 0.25) is 0 Å². The second-order valence-electron chi connectivity index (χ2n) is 3.79. The van der Waals surface area contributed by atoms with Crippen molar-refractivity contribution in [3.63, 3.8) is 0 Å². The number of nitrogens with one attached hydrogen (secondary N) is 1. The molecule has 0 aromatic carbocycles. The molecule has 0 bridgehead atoms. The number of carbonyl (C=O) groups excluding carboxylic acids is 1. The van der Waals surface area contributed by atoms with Crippen LogP contribution in [0.15, 0.2) is 22.9 Å². The normalized spacial score (nSPS) is 16.2. The van der Waals surface area contributed by atoms with Gasteiger partial charge in [0.1, 0.15) is 10.6 Å². The lowest BCUT2D eigenvalue weighted by Crippen LogP contribution is -2.35. The predicted octanol–water partition coefficient (Wildman–Crippen LogP) is 1.88. The molecule has 1 aliphatic rings. The topological polar surface area (TPSA) is 65.8 Å². The van der Waals surface area contributed by atoms with Gasteiger partial charge in [0.2, 0.25) is 0 Å². The highest BCUT2D eigenvalue weighted by Crippen LogP contribution is 2.32. The molecule has 0 radical (unpaired) electrons. The smallest absolute Gasteiger partial charge is 0.253 e. The van der Waals surface area contributed by atoms with Crippen LogP contribution in [-0.2, 0) is 0 Å². The Kier molecular flexibility index (Phi) is 3.20. The van der Waals surface area contributed by atoms with Gasteiger partial charge in [-0.3, -0.25) is 4.79 Å². The van der Waals surface area contributed by atoms with E-state index in [1.54, 1.807) is 12.1 Å². The first-order valence-electron chi connectivity index (χ1n) is 5.03. The molecule has 5 heteroatoms. The van der Waals surface area contributed by atoms with Crippen LogP contribution in [0.5, 0.6) is 0 Å². The Morgan fingerprint density at radius 3 is 2.88 bits per heavy atom. The van der Waals surface area contributed by atoms with E-state index < -0.39 is 0 Å². The fourth-order valence-corrected chi connectivity index (χ4v) is 1.65. The van der Waals surface area contributed by atoms with Crippen LogP contribution < -0.4 is 5.32 Å². The van der Waals surface area contributed by atoms with Gasteiger partial charge in [0.25, 0.3) is 5.91 Å². The number of hydrogen-bond acceptors (Lipinski definition) is 3.